The fraction of sp³-hybridized carbons (Fsp3) is 0.550. The van der Waals surface area contributed by atoms with Gasteiger partial charge in [0.1, 0.15) is 11.8 Å². The molecule has 2 saturated heterocycles. The third-order valence-corrected chi connectivity index (χ3v) is 5.95. The Bertz CT molecular complexity index is 740. The lowest BCUT2D eigenvalue weighted by Gasteiger charge is -2.48. The van der Waals surface area contributed by atoms with Crippen molar-refractivity contribution in [3.63, 3.8) is 0 Å². The number of nitrogens with zero attached hydrogens (tertiary/aromatic N) is 2. The number of carboxylic acids is 1. The number of carbonyl (C=O) groups excluding carboxylic acids is 2. The van der Waals surface area contributed by atoms with Crippen LogP contribution in [0.1, 0.15) is 43.0 Å². The van der Waals surface area contributed by atoms with Gasteiger partial charge in [0, 0.05) is 31.6 Å². The van der Waals surface area contributed by atoms with Crippen molar-refractivity contribution in [1.82, 2.24) is 9.80 Å². The number of ether oxygens (including phenoxy) is 1. The number of aliphatic carboxylic acids is 1. The van der Waals surface area contributed by atoms with Crippen molar-refractivity contribution in [3.8, 4) is 5.75 Å². The highest BCUT2D eigenvalue weighted by atomic mass is 16.5. The summed E-state index contributed by atoms with van der Waals surface area (Å²) in [5.41, 5.74) is 0.508. The van der Waals surface area contributed by atoms with Gasteiger partial charge in [0.25, 0.3) is 5.91 Å². The van der Waals surface area contributed by atoms with E-state index in [9.17, 15) is 19.5 Å². The van der Waals surface area contributed by atoms with E-state index in [0.717, 1.165) is 19.3 Å². The van der Waals surface area contributed by atoms with Gasteiger partial charge in [0.2, 0.25) is 5.91 Å². The summed E-state index contributed by atoms with van der Waals surface area (Å²) in [6.45, 7) is 3.24. The summed E-state index contributed by atoms with van der Waals surface area (Å²) in [6, 6.07) is 6.31. The molecule has 7 heteroatoms. The molecule has 146 valence electrons. The first kappa shape index (κ1) is 19.2. The molecule has 0 aromatic heterocycles. The maximum atomic E-state index is 12.8. The van der Waals surface area contributed by atoms with Crippen LogP contribution in [0.5, 0.6) is 5.75 Å². The van der Waals surface area contributed by atoms with Crippen molar-refractivity contribution < 1.29 is 24.2 Å². The first-order chi connectivity index (χ1) is 12.8. The third-order valence-electron chi connectivity index (χ3n) is 5.95. The Kier molecular flexibility index (Phi) is 5.39. The van der Waals surface area contributed by atoms with Crippen molar-refractivity contribution in [2.75, 3.05) is 26.7 Å². The molecule has 1 aromatic rings. The Hall–Kier alpha value is -2.57. The molecule has 2 aliphatic heterocycles. The zero-order valence-corrected chi connectivity index (χ0v) is 15.8. The van der Waals surface area contributed by atoms with Gasteiger partial charge in [-0.2, -0.15) is 0 Å². The number of methoxy groups -OCH3 is 1. The number of carboxylic acid groups (broad SMARTS) is 1. The molecule has 1 unspecified atom stereocenters. The number of hydrogen-bond donors (Lipinski definition) is 1. The van der Waals surface area contributed by atoms with Gasteiger partial charge in [0.05, 0.1) is 7.11 Å². The molecule has 1 N–H and O–H groups in total. The molecule has 0 saturated carbocycles. The Labute approximate surface area is 158 Å². The minimum Gasteiger partial charge on any atom is -0.497 e. The molecular formula is C20H26N2O5. The van der Waals surface area contributed by atoms with Crippen LogP contribution in [-0.4, -0.2) is 65.5 Å². The lowest BCUT2D eigenvalue weighted by molar-refractivity contribution is -0.154. The normalized spacial score (nSPS) is 20.4. The number of carbonyl (C=O) groups is 3. The van der Waals surface area contributed by atoms with Gasteiger partial charge >= 0.3 is 5.97 Å². The Morgan fingerprint density at radius 2 is 1.93 bits per heavy atom. The van der Waals surface area contributed by atoms with Gasteiger partial charge in [-0.3, -0.25) is 9.59 Å². The van der Waals surface area contributed by atoms with E-state index in [4.69, 9.17) is 4.74 Å². The quantitative estimate of drug-likeness (QED) is 0.871. The van der Waals surface area contributed by atoms with Crippen LogP contribution in [0.4, 0.5) is 0 Å². The Balaban J connectivity index is 1.66. The molecule has 2 heterocycles. The summed E-state index contributed by atoms with van der Waals surface area (Å²) in [5, 5.41) is 9.27. The zero-order valence-electron chi connectivity index (χ0n) is 15.8. The van der Waals surface area contributed by atoms with Crippen LogP contribution < -0.4 is 4.74 Å². The second-order valence-corrected chi connectivity index (χ2v) is 7.56. The SMILES string of the molecule is COc1cccc(C(=O)N2CCC3(CCC(=O)N(C(C)C(=O)O)C3)CC2)c1. The van der Waals surface area contributed by atoms with Crippen molar-refractivity contribution in [2.45, 2.75) is 38.6 Å². The molecule has 0 bridgehead atoms. The van der Waals surface area contributed by atoms with Crippen LogP contribution in [0.25, 0.3) is 0 Å². The molecule has 1 atom stereocenters. The van der Waals surface area contributed by atoms with E-state index in [1.807, 2.05) is 4.90 Å². The molecule has 1 aromatic carbocycles. The third kappa shape index (κ3) is 3.91. The molecular weight excluding hydrogens is 348 g/mol. The van der Waals surface area contributed by atoms with Crippen LogP contribution in [0.2, 0.25) is 0 Å². The highest BCUT2D eigenvalue weighted by Crippen LogP contribution is 2.41. The summed E-state index contributed by atoms with van der Waals surface area (Å²) < 4.78 is 5.19. The van der Waals surface area contributed by atoms with Crippen molar-refractivity contribution in [1.29, 1.82) is 0 Å². The van der Waals surface area contributed by atoms with Crippen molar-refractivity contribution in [2.24, 2.45) is 5.41 Å². The summed E-state index contributed by atoms with van der Waals surface area (Å²) >= 11 is 0. The molecule has 27 heavy (non-hydrogen) atoms. The van der Waals surface area contributed by atoms with Gasteiger partial charge in [-0.1, -0.05) is 6.07 Å². The van der Waals surface area contributed by atoms with E-state index in [1.165, 1.54) is 4.90 Å². The van der Waals surface area contributed by atoms with Gasteiger partial charge in [-0.05, 0) is 49.8 Å². The van der Waals surface area contributed by atoms with Crippen molar-refractivity contribution >= 4 is 17.8 Å². The summed E-state index contributed by atoms with van der Waals surface area (Å²) in [4.78, 5) is 39.6. The number of hydrogen-bond acceptors (Lipinski definition) is 4. The van der Waals surface area contributed by atoms with Crippen LogP contribution >= 0.6 is 0 Å². The van der Waals surface area contributed by atoms with E-state index in [2.05, 4.69) is 0 Å². The predicted molar refractivity (Wildman–Crippen MR) is 98.6 cm³/mol. The number of amides is 2. The maximum absolute atomic E-state index is 12.8. The molecule has 2 aliphatic rings. The fourth-order valence-corrected chi connectivity index (χ4v) is 4.06. The highest BCUT2D eigenvalue weighted by Gasteiger charge is 2.43. The van der Waals surface area contributed by atoms with Crippen LogP contribution in [-0.2, 0) is 9.59 Å². The van der Waals surface area contributed by atoms with Crippen LogP contribution in [0.3, 0.4) is 0 Å². The number of likely N-dealkylation sites (tertiary alicyclic amines) is 2. The average molecular weight is 374 g/mol. The smallest absolute Gasteiger partial charge is 0.326 e. The van der Waals surface area contributed by atoms with Crippen LogP contribution in [0.15, 0.2) is 24.3 Å². The number of benzene rings is 1. The van der Waals surface area contributed by atoms with E-state index in [0.29, 0.717) is 37.4 Å². The lowest BCUT2D eigenvalue weighted by atomic mass is 9.72. The molecule has 2 fully saturated rings. The van der Waals surface area contributed by atoms with Gasteiger partial charge in [0.15, 0.2) is 0 Å². The van der Waals surface area contributed by atoms with Gasteiger partial charge in [-0.15, -0.1) is 0 Å². The number of rotatable bonds is 4. The van der Waals surface area contributed by atoms with Crippen LogP contribution in [0, 0.1) is 5.41 Å². The standard InChI is InChI=1S/C20H26N2O5/c1-14(19(25)26)22-13-20(7-6-17(22)23)8-10-21(11-9-20)18(24)15-4-3-5-16(12-15)27-2/h3-5,12,14H,6-11,13H2,1-2H3,(H,25,26). The average Bonchev–Trinajstić information content (AvgIpc) is 2.69. The van der Waals surface area contributed by atoms with Gasteiger partial charge in [-0.25, -0.2) is 4.79 Å². The number of piperidine rings is 2. The monoisotopic (exact) mass is 374 g/mol. The largest absolute Gasteiger partial charge is 0.497 e. The molecule has 0 radical (unpaired) electrons. The molecule has 3 rings (SSSR count). The van der Waals surface area contributed by atoms with Gasteiger partial charge < -0.3 is 19.6 Å². The first-order valence-electron chi connectivity index (χ1n) is 9.31. The van der Waals surface area contributed by atoms with E-state index in [1.54, 1.807) is 38.3 Å². The van der Waals surface area contributed by atoms with E-state index >= 15 is 0 Å². The van der Waals surface area contributed by atoms with Crippen molar-refractivity contribution in [3.05, 3.63) is 29.8 Å². The highest BCUT2D eigenvalue weighted by molar-refractivity contribution is 5.94. The predicted octanol–water partition coefficient (Wildman–Crippen LogP) is 2.01. The zero-order chi connectivity index (χ0) is 19.6. The molecule has 7 nitrogen and oxygen atoms in total. The summed E-state index contributed by atoms with van der Waals surface area (Å²) in [5.74, 6) is -0.443. The second kappa shape index (κ2) is 7.58. The topological polar surface area (TPSA) is 87.2 Å². The molecule has 2 amide bonds. The minimum atomic E-state index is -0.981. The van der Waals surface area contributed by atoms with E-state index < -0.39 is 12.0 Å². The summed E-state index contributed by atoms with van der Waals surface area (Å²) in [7, 11) is 1.57. The maximum Gasteiger partial charge on any atom is 0.326 e. The first-order valence-corrected chi connectivity index (χ1v) is 9.31. The Morgan fingerprint density at radius 3 is 2.56 bits per heavy atom. The second-order valence-electron chi connectivity index (χ2n) is 7.56. The van der Waals surface area contributed by atoms with E-state index in [-0.39, 0.29) is 17.2 Å². The fourth-order valence-electron chi connectivity index (χ4n) is 4.06. The lowest BCUT2D eigenvalue weighted by Crippen LogP contribution is -2.55. The minimum absolute atomic E-state index is 0.0219. The summed E-state index contributed by atoms with van der Waals surface area (Å²) in [6.07, 6.45) is 2.69. The molecule has 1 spiro atoms. The molecule has 0 aliphatic carbocycles. The Morgan fingerprint density at radius 1 is 1.22 bits per heavy atom.